The number of primary sulfonamides is 1. The van der Waals surface area contributed by atoms with E-state index in [0.717, 1.165) is 12.1 Å². The molecule has 0 amide bonds. The maximum atomic E-state index is 13.9. The molecule has 1 saturated carbocycles. The van der Waals surface area contributed by atoms with Gasteiger partial charge in [-0.15, -0.1) is 0 Å². The molecule has 1 aliphatic carbocycles. The van der Waals surface area contributed by atoms with Crippen LogP contribution < -0.4 is 5.14 Å². The van der Waals surface area contributed by atoms with Gasteiger partial charge in [-0.25, -0.2) is 26.4 Å². The molecule has 0 saturated heterocycles. The molecule has 9 heteroatoms. The smallest absolute Gasteiger partial charge is 0.225 e. The average Bonchev–Trinajstić information content (AvgIpc) is 3.38. The number of hydrogen-bond acceptors (Lipinski definition) is 4. The third-order valence-electron chi connectivity index (χ3n) is 4.00. The summed E-state index contributed by atoms with van der Waals surface area (Å²) >= 11 is 0. The molecular weight excluding hydrogens is 367 g/mol. The fourth-order valence-corrected chi connectivity index (χ4v) is 4.68. The summed E-state index contributed by atoms with van der Waals surface area (Å²) < 4.78 is 63.6. The Morgan fingerprint density at radius 3 is 2.04 bits per heavy atom. The van der Waals surface area contributed by atoms with Gasteiger partial charge in [-0.05, 0) is 43.2 Å². The predicted molar refractivity (Wildman–Crippen MR) is 90.0 cm³/mol. The second-order valence-corrected chi connectivity index (χ2v) is 9.34. The van der Waals surface area contributed by atoms with Gasteiger partial charge in [-0.3, -0.25) is 0 Å². The zero-order valence-corrected chi connectivity index (χ0v) is 14.8. The van der Waals surface area contributed by atoms with E-state index >= 15 is 0 Å². The lowest BCUT2D eigenvalue weighted by atomic mass is 10.2. The number of rotatable bonds is 6. The Morgan fingerprint density at radius 1 is 0.960 bits per heavy atom. The monoisotopic (exact) mass is 384 g/mol. The minimum Gasteiger partial charge on any atom is -0.225 e. The number of sulfonamides is 2. The van der Waals surface area contributed by atoms with Crippen LogP contribution in [-0.4, -0.2) is 27.2 Å². The van der Waals surface area contributed by atoms with Crippen molar-refractivity contribution in [3.63, 3.8) is 0 Å². The number of benzene rings is 2. The highest BCUT2D eigenvalue weighted by atomic mass is 32.2. The van der Waals surface area contributed by atoms with Crippen LogP contribution in [0.5, 0.6) is 0 Å². The standard InChI is InChI=1S/C16H17FN2O4S2/c17-16-4-2-1-3-12(16)11-19(13-5-6-13)25(22,23)15-9-7-14(8-10-15)24(18,20)21/h1-4,7-10,13H,5-6,11H2,(H2,18,20,21). The van der Waals surface area contributed by atoms with E-state index in [4.69, 9.17) is 5.14 Å². The molecule has 3 rings (SSSR count). The van der Waals surface area contributed by atoms with Crippen LogP contribution in [0.2, 0.25) is 0 Å². The molecule has 0 radical (unpaired) electrons. The first-order chi connectivity index (χ1) is 11.7. The lowest BCUT2D eigenvalue weighted by Crippen LogP contribution is -2.33. The molecule has 0 heterocycles. The van der Waals surface area contributed by atoms with Crippen LogP contribution in [0.1, 0.15) is 18.4 Å². The summed E-state index contributed by atoms with van der Waals surface area (Å²) in [6.45, 7) is -0.0728. The SMILES string of the molecule is NS(=O)(=O)c1ccc(S(=O)(=O)N(Cc2ccccc2F)C2CC2)cc1. The fraction of sp³-hybridized carbons (Fsp3) is 0.250. The van der Waals surface area contributed by atoms with Crippen LogP contribution >= 0.6 is 0 Å². The first-order valence-corrected chi connectivity index (χ1v) is 10.6. The molecule has 25 heavy (non-hydrogen) atoms. The van der Waals surface area contributed by atoms with E-state index in [1.165, 1.54) is 22.5 Å². The molecule has 1 fully saturated rings. The zero-order valence-electron chi connectivity index (χ0n) is 13.2. The maximum Gasteiger partial charge on any atom is 0.243 e. The normalized spacial score (nSPS) is 15.5. The third-order valence-corrected chi connectivity index (χ3v) is 6.84. The average molecular weight is 384 g/mol. The Labute approximate surface area is 146 Å². The van der Waals surface area contributed by atoms with Crippen molar-refractivity contribution in [3.05, 3.63) is 59.9 Å². The van der Waals surface area contributed by atoms with Crippen LogP contribution in [0, 0.1) is 5.82 Å². The van der Waals surface area contributed by atoms with Gasteiger partial charge < -0.3 is 0 Å². The largest absolute Gasteiger partial charge is 0.243 e. The van der Waals surface area contributed by atoms with Crippen molar-refractivity contribution in [2.45, 2.75) is 35.2 Å². The van der Waals surface area contributed by atoms with Gasteiger partial charge in [0.05, 0.1) is 9.79 Å². The van der Waals surface area contributed by atoms with Crippen LogP contribution in [0.15, 0.2) is 58.3 Å². The minimum atomic E-state index is -3.90. The van der Waals surface area contributed by atoms with Gasteiger partial charge in [0.1, 0.15) is 5.82 Å². The van der Waals surface area contributed by atoms with Crippen molar-refractivity contribution in [3.8, 4) is 0 Å². The summed E-state index contributed by atoms with van der Waals surface area (Å²) in [7, 11) is -7.79. The van der Waals surface area contributed by atoms with Gasteiger partial charge in [-0.1, -0.05) is 18.2 Å². The summed E-state index contributed by atoms with van der Waals surface area (Å²) in [6, 6.07) is 10.5. The minimum absolute atomic E-state index is 0.0526. The van der Waals surface area contributed by atoms with Crippen LogP contribution in [0.3, 0.4) is 0 Å². The molecule has 6 nitrogen and oxygen atoms in total. The first-order valence-electron chi connectivity index (χ1n) is 7.58. The van der Waals surface area contributed by atoms with E-state index < -0.39 is 25.9 Å². The molecule has 134 valence electrons. The Hall–Kier alpha value is -1.81. The molecule has 2 aromatic rings. The van der Waals surface area contributed by atoms with E-state index in [9.17, 15) is 21.2 Å². The van der Waals surface area contributed by atoms with Gasteiger partial charge in [0.25, 0.3) is 0 Å². The summed E-state index contributed by atoms with van der Waals surface area (Å²) in [5.41, 5.74) is 0.291. The van der Waals surface area contributed by atoms with Crippen LogP contribution in [0.25, 0.3) is 0 Å². The summed E-state index contributed by atoms with van der Waals surface area (Å²) in [4.78, 5) is -0.221. The van der Waals surface area contributed by atoms with Gasteiger partial charge in [0.2, 0.25) is 20.0 Å². The van der Waals surface area contributed by atoms with E-state index in [2.05, 4.69) is 0 Å². The van der Waals surface area contributed by atoms with Gasteiger partial charge in [0.15, 0.2) is 0 Å². The molecule has 0 bridgehead atoms. The molecular formula is C16H17FN2O4S2. The lowest BCUT2D eigenvalue weighted by Gasteiger charge is -2.22. The number of nitrogens with zero attached hydrogens (tertiary/aromatic N) is 1. The topological polar surface area (TPSA) is 97.5 Å². The molecule has 2 N–H and O–H groups in total. The predicted octanol–water partition coefficient (Wildman–Crippen LogP) is 1.83. The molecule has 0 aliphatic heterocycles. The van der Waals surface area contributed by atoms with Crippen molar-refractivity contribution in [1.82, 2.24) is 4.31 Å². The highest BCUT2D eigenvalue weighted by molar-refractivity contribution is 7.89. The number of halogens is 1. The zero-order chi connectivity index (χ0) is 18.2. The Bertz CT molecular complexity index is 985. The molecule has 1 aliphatic rings. The second kappa shape index (κ2) is 6.49. The Balaban J connectivity index is 1.94. The second-order valence-electron chi connectivity index (χ2n) is 5.89. The molecule has 2 aromatic carbocycles. The molecule has 0 unspecified atom stereocenters. The van der Waals surface area contributed by atoms with Crippen LogP contribution in [0.4, 0.5) is 4.39 Å². The fourth-order valence-electron chi connectivity index (χ4n) is 2.50. The van der Waals surface area contributed by atoms with E-state index in [0.29, 0.717) is 18.4 Å². The summed E-state index contributed by atoms with van der Waals surface area (Å²) in [6.07, 6.45) is 1.42. The van der Waals surface area contributed by atoms with Crippen molar-refractivity contribution in [2.24, 2.45) is 5.14 Å². The van der Waals surface area contributed by atoms with Gasteiger partial charge in [0, 0.05) is 18.2 Å². The van der Waals surface area contributed by atoms with E-state index in [1.807, 2.05) is 0 Å². The highest BCUT2D eigenvalue weighted by Crippen LogP contribution is 2.34. The third kappa shape index (κ3) is 3.90. The molecule has 0 aromatic heterocycles. The quantitative estimate of drug-likeness (QED) is 0.821. The van der Waals surface area contributed by atoms with Crippen molar-refractivity contribution in [2.75, 3.05) is 0 Å². The maximum absolute atomic E-state index is 13.9. The van der Waals surface area contributed by atoms with Gasteiger partial charge in [-0.2, -0.15) is 4.31 Å². The van der Waals surface area contributed by atoms with E-state index in [1.54, 1.807) is 18.2 Å². The van der Waals surface area contributed by atoms with Crippen LogP contribution in [-0.2, 0) is 26.6 Å². The molecule has 0 atom stereocenters. The Kier molecular flexibility index (Phi) is 4.67. The first kappa shape index (κ1) is 18.0. The summed E-state index contributed by atoms with van der Waals surface area (Å²) in [5, 5.41) is 5.02. The van der Waals surface area contributed by atoms with Crippen molar-refractivity contribution < 1.29 is 21.2 Å². The van der Waals surface area contributed by atoms with Crippen molar-refractivity contribution in [1.29, 1.82) is 0 Å². The van der Waals surface area contributed by atoms with Gasteiger partial charge >= 0.3 is 0 Å². The summed E-state index contributed by atoms with van der Waals surface area (Å²) in [5.74, 6) is -0.465. The Morgan fingerprint density at radius 2 is 1.52 bits per heavy atom. The number of nitrogens with two attached hydrogens (primary N) is 1. The van der Waals surface area contributed by atoms with Crippen molar-refractivity contribution >= 4 is 20.0 Å². The molecule has 0 spiro atoms. The number of hydrogen-bond donors (Lipinski definition) is 1. The van der Waals surface area contributed by atoms with E-state index in [-0.39, 0.29) is 22.4 Å². The highest BCUT2D eigenvalue weighted by Gasteiger charge is 2.38. The lowest BCUT2D eigenvalue weighted by molar-refractivity contribution is 0.391.